The number of nitrogens with zero attached hydrogens (tertiary/aromatic N) is 4. The Balaban J connectivity index is 1.24. The zero-order chi connectivity index (χ0) is 27.2. The zero-order valence-electron chi connectivity index (χ0n) is 23.6. The number of pyridine rings is 2. The van der Waals surface area contributed by atoms with Crippen LogP contribution in [0, 0.1) is 23.2 Å². The van der Waals surface area contributed by atoms with E-state index in [0.29, 0.717) is 23.8 Å². The third kappa shape index (κ3) is 7.29. The van der Waals surface area contributed by atoms with E-state index in [0.717, 1.165) is 35.7 Å². The molecule has 1 saturated heterocycles. The summed E-state index contributed by atoms with van der Waals surface area (Å²) in [6, 6.07) is 20.8. The summed E-state index contributed by atoms with van der Waals surface area (Å²) in [7, 11) is 0. The van der Waals surface area contributed by atoms with Gasteiger partial charge in [0, 0.05) is 42.6 Å². The minimum Gasteiger partial charge on any atom is -0.472 e. The topological polar surface area (TPSA) is 74.1 Å². The molecule has 0 radical (unpaired) electrons. The van der Waals surface area contributed by atoms with E-state index >= 15 is 0 Å². The Morgan fingerprint density at radius 3 is 2.64 bits per heavy atom. The molecule has 0 unspecified atom stereocenters. The monoisotopic (exact) mass is 523 g/mol. The van der Waals surface area contributed by atoms with Crippen LogP contribution in [-0.2, 0) is 0 Å². The van der Waals surface area contributed by atoms with Gasteiger partial charge in [-0.1, -0.05) is 18.9 Å². The van der Waals surface area contributed by atoms with Gasteiger partial charge >= 0.3 is 0 Å². The molecule has 2 fully saturated rings. The van der Waals surface area contributed by atoms with E-state index in [1.165, 1.54) is 50.6 Å². The lowest BCUT2D eigenvalue weighted by Crippen LogP contribution is -2.39. The van der Waals surface area contributed by atoms with Gasteiger partial charge in [-0.15, -0.1) is 0 Å². The zero-order valence-corrected chi connectivity index (χ0v) is 23.6. The molecule has 2 aliphatic rings. The van der Waals surface area contributed by atoms with Crippen LogP contribution in [0.5, 0.6) is 5.88 Å². The fraction of sp³-hybridized carbons (Fsp3) is 0.485. The fourth-order valence-corrected chi connectivity index (χ4v) is 6.15. The quantitative estimate of drug-likeness (QED) is 0.346. The van der Waals surface area contributed by atoms with Crippen LogP contribution in [0.2, 0.25) is 0 Å². The van der Waals surface area contributed by atoms with Gasteiger partial charge in [0.1, 0.15) is 11.4 Å². The normalized spacial score (nSPS) is 21.7. The van der Waals surface area contributed by atoms with Crippen LogP contribution in [-0.4, -0.2) is 34.7 Å². The van der Waals surface area contributed by atoms with Crippen molar-refractivity contribution in [3.63, 3.8) is 0 Å². The minimum absolute atomic E-state index is 0.288. The lowest BCUT2D eigenvalue weighted by Gasteiger charge is -2.39. The van der Waals surface area contributed by atoms with Gasteiger partial charge in [-0.25, -0.2) is 9.97 Å². The number of hydrogen-bond acceptors (Lipinski definition) is 6. The number of benzene rings is 1. The van der Waals surface area contributed by atoms with Crippen molar-refractivity contribution in [3.05, 3.63) is 66.4 Å². The standard InChI is InChI=1S/C33H41N5O/c1-33(2,3)39-32-12-6-11-30(37-32)27-17-18-35-31(21-27)36-29-10-5-4-9-26(29)20-25-8-7-19-38(23-25)28-15-13-24(22-34)14-16-28/h6,11-18,21,25-26,29H,4-5,7-10,19-20,23H2,1-3H3,(H,35,36)/t25-,26+,29-/m1/s1. The number of rotatable bonds is 7. The van der Waals surface area contributed by atoms with Gasteiger partial charge in [-0.2, -0.15) is 5.26 Å². The number of ether oxygens (including phenoxy) is 1. The number of hydrogen-bond donors (Lipinski definition) is 1. The maximum absolute atomic E-state index is 9.13. The summed E-state index contributed by atoms with van der Waals surface area (Å²) < 4.78 is 5.99. The average molecular weight is 524 g/mol. The van der Waals surface area contributed by atoms with E-state index in [4.69, 9.17) is 15.0 Å². The second-order valence-electron chi connectivity index (χ2n) is 12.1. The summed E-state index contributed by atoms with van der Waals surface area (Å²) in [6.07, 6.45) is 10.7. The Bertz CT molecular complexity index is 1280. The molecule has 3 aromatic rings. The highest BCUT2D eigenvalue weighted by Crippen LogP contribution is 2.35. The second-order valence-corrected chi connectivity index (χ2v) is 12.1. The van der Waals surface area contributed by atoms with Crippen molar-refractivity contribution in [2.75, 3.05) is 23.3 Å². The van der Waals surface area contributed by atoms with Crippen LogP contribution >= 0.6 is 0 Å². The van der Waals surface area contributed by atoms with Crippen molar-refractivity contribution in [3.8, 4) is 23.2 Å². The van der Waals surface area contributed by atoms with Gasteiger partial charge < -0.3 is 15.0 Å². The summed E-state index contributed by atoms with van der Waals surface area (Å²) in [5.41, 5.74) is 3.62. The van der Waals surface area contributed by atoms with Gasteiger partial charge in [-0.05, 0) is 107 Å². The Morgan fingerprint density at radius 1 is 1.03 bits per heavy atom. The lowest BCUT2D eigenvalue weighted by atomic mass is 9.77. The molecule has 3 heterocycles. The highest BCUT2D eigenvalue weighted by atomic mass is 16.5. The van der Waals surface area contributed by atoms with Crippen LogP contribution in [0.1, 0.15) is 71.3 Å². The summed E-state index contributed by atoms with van der Waals surface area (Å²) in [4.78, 5) is 11.9. The number of piperidine rings is 1. The first-order valence-corrected chi connectivity index (χ1v) is 14.5. The van der Waals surface area contributed by atoms with E-state index in [9.17, 15) is 0 Å². The van der Waals surface area contributed by atoms with E-state index in [-0.39, 0.29) is 5.60 Å². The molecule has 1 aliphatic carbocycles. The number of nitriles is 1. The SMILES string of the molecule is CC(C)(C)Oc1cccc(-c2ccnc(N[C@@H]3CCCC[C@H]3C[C@H]3CCCN(c4ccc(C#N)cc4)C3)c2)n1. The van der Waals surface area contributed by atoms with Crippen LogP contribution < -0.4 is 15.0 Å². The van der Waals surface area contributed by atoms with Crippen molar-refractivity contribution in [2.45, 2.75) is 77.4 Å². The minimum atomic E-state index is -0.288. The third-order valence-electron chi connectivity index (χ3n) is 7.95. The summed E-state index contributed by atoms with van der Waals surface area (Å²) in [6.45, 7) is 8.31. The molecule has 2 aromatic heterocycles. The lowest BCUT2D eigenvalue weighted by molar-refractivity contribution is 0.124. The molecule has 1 N–H and O–H groups in total. The predicted molar refractivity (Wildman–Crippen MR) is 158 cm³/mol. The first-order valence-electron chi connectivity index (χ1n) is 14.5. The fourth-order valence-electron chi connectivity index (χ4n) is 6.15. The molecule has 6 nitrogen and oxygen atoms in total. The molecule has 39 heavy (non-hydrogen) atoms. The molecule has 204 valence electrons. The first kappa shape index (κ1) is 27.0. The largest absolute Gasteiger partial charge is 0.472 e. The Kier molecular flexibility index (Phi) is 8.35. The van der Waals surface area contributed by atoms with Crippen molar-refractivity contribution in [2.24, 2.45) is 11.8 Å². The Labute approximate surface area is 233 Å². The van der Waals surface area contributed by atoms with Crippen LogP contribution in [0.3, 0.4) is 0 Å². The Hall–Kier alpha value is -3.59. The van der Waals surface area contributed by atoms with E-state index in [2.05, 4.69) is 39.5 Å². The molecule has 6 heteroatoms. The molecule has 0 bridgehead atoms. The van der Waals surface area contributed by atoms with Crippen LogP contribution in [0.4, 0.5) is 11.5 Å². The van der Waals surface area contributed by atoms with Crippen molar-refractivity contribution < 1.29 is 4.74 Å². The molecular formula is C33H41N5O. The molecule has 1 aliphatic heterocycles. The number of nitrogens with one attached hydrogen (secondary N) is 1. The van der Waals surface area contributed by atoms with E-state index in [1.54, 1.807) is 0 Å². The van der Waals surface area contributed by atoms with Gasteiger partial charge in [-0.3, -0.25) is 0 Å². The van der Waals surface area contributed by atoms with E-state index < -0.39 is 0 Å². The molecule has 0 amide bonds. The summed E-state index contributed by atoms with van der Waals surface area (Å²) in [5.74, 6) is 2.91. The molecule has 3 atom stereocenters. The summed E-state index contributed by atoms with van der Waals surface area (Å²) in [5, 5.41) is 13.0. The maximum Gasteiger partial charge on any atom is 0.214 e. The molecule has 1 aromatic carbocycles. The summed E-state index contributed by atoms with van der Waals surface area (Å²) >= 11 is 0. The highest BCUT2D eigenvalue weighted by Gasteiger charge is 2.30. The van der Waals surface area contributed by atoms with Crippen molar-refractivity contribution in [1.29, 1.82) is 5.26 Å². The number of aromatic nitrogens is 2. The van der Waals surface area contributed by atoms with Crippen molar-refractivity contribution in [1.82, 2.24) is 9.97 Å². The van der Waals surface area contributed by atoms with E-state index in [1.807, 2.05) is 63.4 Å². The molecule has 1 saturated carbocycles. The van der Waals surface area contributed by atoms with Gasteiger partial charge in [0.25, 0.3) is 0 Å². The van der Waals surface area contributed by atoms with Crippen LogP contribution in [0.25, 0.3) is 11.3 Å². The average Bonchev–Trinajstić information content (AvgIpc) is 2.94. The maximum atomic E-state index is 9.13. The van der Waals surface area contributed by atoms with Gasteiger partial charge in [0.2, 0.25) is 5.88 Å². The second kappa shape index (κ2) is 12.1. The van der Waals surface area contributed by atoms with Crippen LogP contribution in [0.15, 0.2) is 60.8 Å². The van der Waals surface area contributed by atoms with Gasteiger partial charge in [0.05, 0.1) is 17.3 Å². The third-order valence-corrected chi connectivity index (χ3v) is 7.95. The number of anilines is 2. The molecule has 0 spiro atoms. The Morgan fingerprint density at radius 2 is 1.85 bits per heavy atom. The molecular weight excluding hydrogens is 482 g/mol. The van der Waals surface area contributed by atoms with Gasteiger partial charge in [0.15, 0.2) is 0 Å². The first-order chi connectivity index (χ1) is 18.9. The molecule has 5 rings (SSSR count). The predicted octanol–water partition coefficient (Wildman–Crippen LogP) is 7.47. The smallest absolute Gasteiger partial charge is 0.214 e. The highest BCUT2D eigenvalue weighted by molar-refractivity contribution is 5.63. The van der Waals surface area contributed by atoms with Crippen molar-refractivity contribution >= 4 is 11.5 Å².